The summed E-state index contributed by atoms with van der Waals surface area (Å²) in [5.74, 6) is -4.04. The summed E-state index contributed by atoms with van der Waals surface area (Å²) in [4.78, 5) is 35.8. The fraction of sp³-hybridized carbons (Fsp3) is 0.350. The van der Waals surface area contributed by atoms with Crippen molar-refractivity contribution in [3.63, 3.8) is 0 Å². The van der Waals surface area contributed by atoms with Crippen LogP contribution in [0, 0.1) is 0 Å². The van der Waals surface area contributed by atoms with Crippen LogP contribution in [0.4, 0.5) is 4.39 Å². The summed E-state index contributed by atoms with van der Waals surface area (Å²) in [5, 5.41) is 1.72. The number of halogens is 1. The van der Waals surface area contributed by atoms with Crippen molar-refractivity contribution in [1.82, 2.24) is 0 Å². The Morgan fingerprint density at radius 2 is 1.62 bits per heavy atom. The molecule has 0 unspecified atom stereocenters. The highest BCUT2D eigenvalue weighted by molar-refractivity contribution is 6.05. The van der Waals surface area contributed by atoms with Crippen molar-refractivity contribution in [3.8, 4) is 0 Å². The van der Waals surface area contributed by atoms with Gasteiger partial charge in [0.25, 0.3) is 0 Å². The van der Waals surface area contributed by atoms with E-state index in [1.807, 2.05) is 24.3 Å². The summed E-state index contributed by atoms with van der Waals surface area (Å²) in [6.07, 6.45) is 0.110. The van der Waals surface area contributed by atoms with Gasteiger partial charge >= 0.3 is 17.6 Å². The van der Waals surface area contributed by atoms with Crippen LogP contribution < -0.4 is 0 Å². The van der Waals surface area contributed by atoms with Gasteiger partial charge in [-0.05, 0) is 30.2 Å². The number of benzene rings is 2. The summed E-state index contributed by atoms with van der Waals surface area (Å²) in [5.41, 5.74) is -2.76. The van der Waals surface area contributed by atoms with Crippen molar-refractivity contribution in [2.75, 3.05) is 13.2 Å². The predicted molar refractivity (Wildman–Crippen MR) is 94.5 cm³/mol. The summed E-state index contributed by atoms with van der Waals surface area (Å²) < 4.78 is 25.3. The molecule has 0 saturated heterocycles. The number of carbonyl (C=O) groups excluding carboxylic acids is 3. The van der Waals surface area contributed by atoms with Crippen LogP contribution in [0.15, 0.2) is 42.5 Å². The Balaban J connectivity index is 2.58. The zero-order valence-electron chi connectivity index (χ0n) is 14.7. The molecule has 0 bridgehead atoms. The molecule has 0 aliphatic rings. The molecule has 2 rings (SSSR count). The number of aldehydes is 1. The fourth-order valence-corrected chi connectivity index (χ4v) is 2.89. The third kappa shape index (κ3) is 3.74. The van der Waals surface area contributed by atoms with E-state index in [1.54, 1.807) is 18.2 Å². The van der Waals surface area contributed by atoms with Gasteiger partial charge in [0.05, 0.1) is 13.2 Å². The quantitative estimate of drug-likeness (QED) is 0.410. The molecular weight excluding hydrogens is 339 g/mol. The Labute approximate surface area is 151 Å². The smallest absolute Gasteiger partial charge is 0.356 e. The highest BCUT2D eigenvalue weighted by atomic mass is 19.1. The average molecular weight is 360 g/mol. The van der Waals surface area contributed by atoms with Crippen LogP contribution in [-0.2, 0) is 23.9 Å². The zero-order valence-corrected chi connectivity index (χ0v) is 14.7. The molecule has 2 aromatic rings. The molecule has 2 aromatic carbocycles. The number of hydrogen-bond acceptors (Lipinski definition) is 5. The molecule has 26 heavy (non-hydrogen) atoms. The van der Waals surface area contributed by atoms with Crippen LogP contribution in [0.5, 0.6) is 0 Å². The Hall–Kier alpha value is -2.76. The maximum Gasteiger partial charge on any atom is 0.356 e. The molecule has 0 aromatic heterocycles. The number of fused-ring (bicyclic) bond motifs is 1. The lowest BCUT2D eigenvalue weighted by Crippen LogP contribution is -2.50. The summed E-state index contributed by atoms with van der Waals surface area (Å²) in [7, 11) is 0. The third-order valence-corrected chi connectivity index (χ3v) is 4.13. The topological polar surface area (TPSA) is 69.7 Å². The minimum atomic E-state index is -3.10. The van der Waals surface area contributed by atoms with Crippen LogP contribution in [0.25, 0.3) is 10.8 Å². The SMILES string of the molecule is CCOC(=O)C(F)(C(=O)OCC)[C@@H](CC=O)c1ccc2ccccc2c1. The maximum atomic E-state index is 15.8. The Kier molecular flexibility index (Phi) is 6.44. The lowest BCUT2D eigenvalue weighted by atomic mass is 9.80. The summed E-state index contributed by atoms with van der Waals surface area (Å²) >= 11 is 0. The number of rotatable bonds is 8. The molecule has 0 heterocycles. The van der Waals surface area contributed by atoms with Crippen LogP contribution >= 0.6 is 0 Å². The molecule has 0 N–H and O–H groups in total. The first-order chi connectivity index (χ1) is 12.5. The zero-order chi connectivity index (χ0) is 19.2. The Morgan fingerprint density at radius 3 is 2.15 bits per heavy atom. The van der Waals surface area contributed by atoms with E-state index in [0.717, 1.165) is 10.8 Å². The van der Waals surface area contributed by atoms with Crippen molar-refractivity contribution >= 4 is 29.0 Å². The molecule has 0 radical (unpaired) electrons. The van der Waals surface area contributed by atoms with Gasteiger partial charge in [-0.25, -0.2) is 14.0 Å². The number of alkyl halides is 1. The Morgan fingerprint density at radius 1 is 1.04 bits per heavy atom. The average Bonchev–Trinajstić information content (AvgIpc) is 2.65. The van der Waals surface area contributed by atoms with Gasteiger partial charge in [-0.15, -0.1) is 0 Å². The minimum absolute atomic E-state index is 0.102. The normalized spacial score (nSPS) is 12.4. The van der Waals surface area contributed by atoms with E-state index in [9.17, 15) is 14.4 Å². The molecule has 0 aliphatic heterocycles. The van der Waals surface area contributed by atoms with E-state index in [0.29, 0.717) is 11.8 Å². The van der Waals surface area contributed by atoms with E-state index in [1.165, 1.54) is 13.8 Å². The molecule has 1 atom stereocenters. The number of ether oxygens (including phenoxy) is 2. The first kappa shape index (κ1) is 19.6. The number of carbonyl (C=O) groups is 3. The van der Waals surface area contributed by atoms with Gasteiger partial charge in [-0.1, -0.05) is 42.5 Å². The van der Waals surface area contributed by atoms with Gasteiger partial charge in [0.15, 0.2) is 0 Å². The van der Waals surface area contributed by atoms with Crippen LogP contribution in [0.2, 0.25) is 0 Å². The van der Waals surface area contributed by atoms with Gasteiger partial charge < -0.3 is 14.3 Å². The third-order valence-electron chi connectivity index (χ3n) is 4.13. The molecule has 0 amide bonds. The Bertz CT molecular complexity index is 784. The van der Waals surface area contributed by atoms with Gasteiger partial charge in [-0.3, -0.25) is 0 Å². The van der Waals surface area contributed by atoms with Crippen molar-refractivity contribution in [2.24, 2.45) is 0 Å². The van der Waals surface area contributed by atoms with Crippen LogP contribution in [-0.4, -0.2) is 37.1 Å². The predicted octanol–water partition coefficient (Wildman–Crippen LogP) is 3.35. The van der Waals surface area contributed by atoms with Gasteiger partial charge in [0.2, 0.25) is 0 Å². The van der Waals surface area contributed by atoms with E-state index in [2.05, 4.69) is 0 Å². The van der Waals surface area contributed by atoms with Gasteiger partial charge in [0, 0.05) is 12.3 Å². The summed E-state index contributed by atoms with van der Waals surface area (Å²) in [6, 6.07) is 12.4. The van der Waals surface area contributed by atoms with E-state index in [-0.39, 0.29) is 19.6 Å². The molecule has 138 valence electrons. The molecule has 5 nitrogen and oxygen atoms in total. The number of hydrogen-bond donors (Lipinski definition) is 0. The monoisotopic (exact) mass is 360 g/mol. The second kappa shape index (κ2) is 8.56. The molecule has 0 aliphatic carbocycles. The van der Waals surface area contributed by atoms with Crippen molar-refractivity contribution in [2.45, 2.75) is 31.9 Å². The molecule has 0 spiro atoms. The molecular formula is C20H21FO5. The standard InChI is InChI=1S/C20H21FO5/c1-3-25-18(23)20(21,19(24)26-4-2)17(11-12-22)16-10-9-14-7-5-6-8-15(14)13-16/h5-10,12-13,17H,3-4,11H2,1-2H3/t17-/m0/s1. The summed E-state index contributed by atoms with van der Waals surface area (Å²) in [6.45, 7) is 2.81. The second-order valence-corrected chi connectivity index (χ2v) is 5.71. The number of esters is 2. The maximum absolute atomic E-state index is 15.8. The molecule has 0 fully saturated rings. The molecule has 6 heteroatoms. The lowest BCUT2D eigenvalue weighted by molar-refractivity contribution is -0.176. The van der Waals surface area contributed by atoms with Crippen LogP contribution in [0.1, 0.15) is 31.7 Å². The van der Waals surface area contributed by atoms with Crippen molar-refractivity contribution in [3.05, 3.63) is 48.0 Å². The van der Waals surface area contributed by atoms with E-state index < -0.39 is 23.5 Å². The van der Waals surface area contributed by atoms with Crippen molar-refractivity contribution < 1.29 is 28.2 Å². The van der Waals surface area contributed by atoms with E-state index >= 15 is 4.39 Å². The van der Waals surface area contributed by atoms with E-state index in [4.69, 9.17) is 9.47 Å². The van der Waals surface area contributed by atoms with Gasteiger partial charge in [-0.2, -0.15) is 0 Å². The van der Waals surface area contributed by atoms with Crippen molar-refractivity contribution in [1.29, 1.82) is 0 Å². The second-order valence-electron chi connectivity index (χ2n) is 5.71. The fourth-order valence-electron chi connectivity index (χ4n) is 2.89. The largest absolute Gasteiger partial charge is 0.463 e. The van der Waals surface area contributed by atoms with Crippen LogP contribution in [0.3, 0.4) is 0 Å². The highest BCUT2D eigenvalue weighted by Crippen LogP contribution is 2.38. The lowest BCUT2D eigenvalue weighted by Gasteiger charge is -2.29. The van der Waals surface area contributed by atoms with Gasteiger partial charge in [0.1, 0.15) is 6.29 Å². The first-order valence-electron chi connectivity index (χ1n) is 8.44. The molecule has 0 saturated carbocycles. The minimum Gasteiger partial charge on any atom is -0.463 e. The first-order valence-corrected chi connectivity index (χ1v) is 8.44. The highest BCUT2D eigenvalue weighted by Gasteiger charge is 2.56.